The number of benzene rings is 2. The molecular weight excluding hydrogens is 260 g/mol. The zero-order valence-electron chi connectivity index (χ0n) is 10.4. The Kier molecular flexibility index (Phi) is 4.12. The molecule has 2 aromatic carbocycles. The van der Waals surface area contributed by atoms with E-state index in [1.807, 2.05) is 0 Å². The van der Waals surface area contributed by atoms with Gasteiger partial charge in [0.15, 0.2) is 6.29 Å². The van der Waals surface area contributed by atoms with Gasteiger partial charge in [-0.15, -0.1) is 0 Å². The lowest BCUT2D eigenvalue weighted by molar-refractivity contribution is -0.0197. The minimum absolute atomic E-state index is 0.120. The van der Waals surface area contributed by atoms with Crippen LogP contribution in [0.3, 0.4) is 0 Å². The van der Waals surface area contributed by atoms with Crippen LogP contribution in [-0.4, -0.2) is 22.5 Å². The van der Waals surface area contributed by atoms with Gasteiger partial charge < -0.3 is 14.9 Å². The zero-order chi connectivity index (χ0) is 14.5. The molecule has 0 spiro atoms. The van der Waals surface area contributed by atoms with Gasteiger partial charge in [-0.2, -0.15) is 0 Å². The topological polar surface area (TPSA) is 83.8 Å². The van der Waals surface area contributed by atoms with Crippen LogP contribution in [-0.2, 0) is 0 Å². The van der Waals surface area contributed by atoms with Gasteiger partial charge in [-0.05, 0) is 24.3 Å². The summed E-state index contributed by atoms with van der Waals surface area (Å²) in [5.41, 5.74) is 0.846. The molecule has 0 aliphatic carbocycles. The SMILES string of the molecule is O=Cc1ccccc1OC(O)c1ccc(C(=O)O)cc1. The lowest BCUT2D eigenvalue weighted by atomic mass is 10.1. The van der Waals surface area contributed by atoms with Gasteiger partial charge in [0.2, 0.25) is 6.29 Å². The average molecular weight is 272 g/mol. The number of para-hydroxylation sites is 1. The van der Waals surface area contributed by atoms with Gasteiger partial charge in [-0.1, -0.05) is 24.3 Å². The van der Waals surface area contributed by atoms with Crippen LogP contribution in [0.5, 0.6) is 5.75 Å². The predicted molar refractivity (Wildman–Crippen MR) is 70.8 cm³/mol. The van der Waals surface area contributed by atoms with Crippen LogP contribution in [0.1, 0.15) is 32.6 Å². The van der Waals surface area contributed by atoms with Crippen molar-refractivity contribution in [2.45, 2.75) is 6.29 Å². The molecule has 0 heterocycles. The molecule has 0 aliphatic heterocycles. The zero-order valence-corrected chi connectivity index (χ0v) is 10.4. The Morgan fingerprint density at radius 1 is 1.10 bits per heavy atom. The minimum Gasteiger partial charge on any atom is -0.478 e. The number of ether oxygens (including phenoxy) is 1. The predicted octanol–water partition coefficient (Wildman–Crippen LogP) is 2.27. The maximum Gasteiger partial charge on any atom is 0.335 e. The van der Waals surface area contributed by atoms with E-state index in [1.54, 1.807) is 24.3 Å². The van der Waals surface area contributed by atoms with E-state index in [4.69, 9.17) is 9.84 Å². The molecule has 2 N–H and O–H groups in total. The summed E-state index contributed by atoms with van der Waals surface area (Å²) in [6.45, 7) is 0. The summed E-state index contributed by atoms with van der Waals surface area (Å²) in [6.07, 6.45) is -0.644. The Hall–Kier alpha value is -2.66. The van der Waals surface area contributed by atoms with Crippen LogP contribution < -0.4 is 4.74 Å². The van der Waals surface area contributed by atoms with Crippen LogP contribution in [0.25, 0.3) is 0 Å². The first-order valence-electron chi connectivity index (χ1n) is 5.84. The van der Waals surface area contributed by atoms with E-state index in [1.165, 1.54) is 24.3 Å². The number of aliphatic hydroxyl groups is 1. The number of aromatic carboxylic acids is 1. The average Bonchev–Trinajstić information content (AvgIpc) is 2.48. The largest absolute Gasteiger partial charge is 0.478 e. The molecule has 5 nitrogen and oxygen atoms in total. The summed E-state index contributed by atoms with van der Waals surface area (Å²) < 4.78 is 5.30. The Balaban J connectivity index is 2.17. The number of aldehydes is 1. The Labute approximate surface area is 115 Å². The van der Waals surface area contributed by atoms with Crippen molar-refractivity contribution in [2.75, 3.05) is 0 Å². The molecule has 0 radical (unpaired) electrons. The van der Waals surface area contributed by atoms with Crippen LogP contribution in [0, 0.1) is 0 Å². The molecule has 0 amide bonds. The molecule has 2 aromatic rings. The number of aliphatic hydroxyl groups excluding tert-OH is 1. The smallest absolute Gasteiger partial charge is 0.335 e. The third-order valence-electron chi connectivity index (χ3n) is 2.73. The van der Waals surface area contributed by atoms with Crippen molar-refractivity contribution in [1.29, 1.82) is 0 Å². The number of carbonyl (C=O) groups is 2. The Bertz CT molecular complexity index is 618. The monoisotopic (exact) mass is 272 g/mol. The lowest BCUT2D eigenvalue weighted by Gasteiger charge is -2.15. The molecule has 0 saturated carbocycles. The number of carboxylic acids is 1. The van der Waals surface area contributed by atoms with Crippen LogP contribution in [0.15, 0.2) is 48.5 Å². The third kappa shape index (κ3) is 3.02. The number of hydrogen-bond donors (Lipinski definition) is 2. The highest BCUT2D eigenvalue weighted by Gasteiger charge is 2.12. The van der Waals surface area contributed by atoms with Gasteiger partial charge in [-0.25, -0.2) is 4.79 Å². The highest BCUT2D eigenvalue weighted by Crippen LogP contribution is 2.23. The molecule has 0 aromatic heterocycles. The van der Waals surface area contributed by atoms with E-state index in [0.717, 1.165) is 0 Å². The molecule has 0 bridgehead atoms. The molecule has 0 saturated heterocycles. The molecular formula is C15H12O5. The van der Waals surface area contributed by atoms with Gasteiger partial charge >= 0.3 is 5.97 Å². The van der Waals surface area contributed by atoms with Crippen LogP contribution in [0.2, 0.25) is 0 Å². The van der Waals surface area contributed by atoms with Crippen molar-refractivity contribution in [1.82, 2.24) is 0 Å². The minimum atomic E-state index is -1.28. The van der Waals surface area contributed by atoms with Crippen molar-refractivity contribution in [2.24, 2.45) is 0 Å². The summed E-state index contributed by atoms with van der Waals surface area (Å²) >= 11 is 0. The summed E-state index contributed by atoms with van der Waals surface area (Å²) in [6, 6.07) is 12.2. The number of rotatable bonds is 5. The standard InChI is InChI=1S/C15H12O5/c16-9-12-3-1-2-4-13(12)20-15(19)11-7-5-10(6-8-11)14(17)18/h1-9,15,19H,(H,17,18). The first kappa shape index (κ1) is 13.8. The molecule has 1 atom stereocenters. The second-order valence-corrected chi connectivity index (χ2v) is 4.05. The van der Waals surface area contributed by atoms with Crippen molar-refractivity contribution in [3.63, 3.8) is 0 Å². The fraction of sp³-hybridized carbons (Fsp3) is 0.0667. The molecule has 102 valence electrons. The Morgan fingerprint density at radius 2 is 1.75 bits per heavy atom. The highest BCUT2D eigenvalue weighted by molar-refractivity contribution is 5.87. The number of carbonyl (C=O) groups excluding carboxylic acids is 1. The maximum atomic E-state index is 10.8. The van der Waals surface area contributed by atoms with Crippen LogP contribution in [0.4, 0.5) is 0 Å². The fourth-order valence-corrected chi connectivity index (χ4v) is 1.66. The van der Waals surface area contributed by atoms with E-state index >= 15 is 0 Å². The van der Waals surface area contributed by atoms with Crippen molar-refractivity contribution < 1.29 is 24.5 Å². The lowest BCUT2D eigenvalue weighted by Crippen LogP contribution is -2.08. The summed E-state index contributed by atoms with van der Waals surface area (Å²) in [7, 11) is 0. The molecule has 0 aliphatic rings. The van der Waals surface area contributed by atoms with Gasteiger partial charge in [0, 0.05) is 5.56 Å². The van der Waals surface area contributed by atoms with E-state index in [9.17, 15) is 14.7 Å². The fourth-order valence-electron chi connectivity index (χ4n) is 1.66. The quantitative estimate of drug-likeness (QED) is 0.644. The Morgan fingerprint density at radius 3 is 2.35 bits per heavy atom. The van der Waals surface area contributed by atoms with Crippen LogP contribution >= 0.6 is 0 Å². The van der Waals surface area contributed by atoms with Crippen molar-refractivity contribution >= 4 is 12.3 Å². The maximum absolute atomic E-state index is 10.8. The van der Waals surface area contributed by atoms with E-state index in [0.29, 0.717) is 17.4 Å². The summed E-state index contributed by atoms with van der Waals surface area (Å²) in [5.74, 6) is -0.782. The van der Waals surface area contributed by atoms with Gasteiger partial charge in [0.05, 0.1) is 11.1 Å². The van der Waals surface area contributed by atoms with E-state index in [-0.39, 0.29) is 11.3 Å². The second kappa shape index (κ2) is 5.99. The van der Waals surface area contributed by atoms with E-state index in [2.05, 4.69) is 0 Å². The van der Waals surface area contributed by atoms with Gasteiger partial charge in [0.25, 0.3) is 0 Å². The number of hydrogen-bond acceptors (Lipinski definition) is 4. The normalized spacial score (nSPS) is 11.7. The molecule has 2 rings (SSSR count). The van der Waals surface area contributed by atoms with Crippen molar-refractivity contribution in [3.05, 3.63) is 65.2 Å². The summed E-state index contributed by atoms with van der Waals surface area (Å²) in [5, 5.41) is 18.7. The van der Waals surface area contributed by atoms with Gasteiger partial charge in [0.1, 0.15) is 5.75 Å². The van der Waals surface area contributed by atoms with Gasteiger partial charge in [-0.3, -0.25) is 4.79 Å². The van der Waals surface area contributed by atoms with Crippen molar-refractivity contribution in [3.8, 4) is 5.75 Å². The highest BCUT2D eigenvalue weighted by atomic mass is 16.6. The molecule has 1 unspecified atom stereocenters. The molecule has 20 heavy (non-hydrogen) atoms. The summed E-state index contributed by atoms with van der Waals surface area (Å²) in [4.78, 5) is 21.6. The molecule has 5 heteroatoms. The molecule has 0 fully saturated rings. The first-order valence-corrected chi connectivity index (χ1v) is 5.84. The first-order chi connectivity index (χ1) is 9.61. The number of carboxylic acid groups (broad SMARTS) is 1. The second-order valence-electron chi connectivity index (χ2n) is 4.05. The third-order valence-corrected chi connectivity index (χ3v) is 2.73. The van der Waals surface area contributed by atoms with E-state index < -0.39 is 12.3 Å².